The molecule has 1 amide bonds. The summed E-state index contributed by atoms with van der Waals surface area (Å²) in [5, 5.41) is 6.43. The molecule has 2 aliphatic rings. The lowest BCUT2D eigenvalue weighted by atomic mass is 10.1. The van der Waals surface area contributed by atoms with Crippen molar-refractivity contribution in [2.45, 2.75) is 31.7 Å². The number of hydrogen-bond donors (Lipinski definition) is 2. The van der Waals surface area contributed by atoms with Gasteiger partial charge in [0.05, 0.1) is 13.2 Å². The third-order valence-electron chi connectivity index (χ3n) is 3.67. The molecule has 0 saturated carbocycles. The van der Waals surface area contributed by atoms with E-state index in [0.29, 0.717) is 12.5 Å². The minimum atomic E-state index is 0.193. The Morgan fingerprint density at radius 1 is 1.39 bits per heavy atom. The van der Waals surface area contributed by atoms with Crippen molar-refractivity contribution in [3.05, 3.63) is 0 Å². The topological polar surface area (TPSA) is 53.6 Å². The molecule has 2 N–H and O–H groups in total. The van der Waals surface area contributed by atoms with Gasteiger partial charge in [0.1, 0.15) is 0 Å². The van der Waals surface area contributed by atoms with Crippen molar-refractivity contribution < 1.29 is 9.53 Å². The van der Waals surface area contributed by atoms with Crippen LogP contribution in [0.5, 0.6) is 0 Å². The van der Waals surface area contributed by atoms with Gasteiger partial charge < -0.3 is 15.4 Å². The first-order valence-electron chi connectivity index (χ1n) is 7.15. The fraction of sp³-hybridized carbons (Fsp3) is 0.923. The van der Waals surface area contributed by atoms with Gasteiger partial charge in [-0.3, -0.25) is 9.69 Å². The molecule has 5 nitrogen and oxygen atoms in total. The molecule has 0 aromatic heterocycles. The van der Waals surface area contributed by atoms with Gasteiger partial charge in [0.15, 0.2) is 0 Å². The number of carbonyl (C=O) groups excluding carboxylic acids is 1. The molecule has 5 heteroatoms. The van der Waals surface area contributed by atoms with Crippen molar-refractivity contribution in [1.29, 1.82) is 0 Å². The summed E-state index contributed by atoms with van der Waals surface area (Å²) in [6.07, 6.45) is 3.98. The Bertz CT molecular complexity index is 255. The second-order valence-corrected chi connectivity index (χ2v) is 5.15. The van der Waals surface area contributed by atoms with E-state index in [1.807, 2.05) is 0 Å². The minimum Gasteiger partial charge on any atom is -0.379 e. The molecular formula is C13H25N3O2. The zero-order chi connectivity index (χ0) is 12.6. The molecule has 0 bridgehead atoms. The van der Waals surface area contributed by atoms with Gasteiger partial charge in [0.2, 0.25) is 5.91 Å². The van der Waals surface area contributed by atoms with Crippen LogP contribution in [-0.2, 0) is 9.53 Å². The van der Waals surface area contributed by atoms with Gasteiger partial charge in [0.25, 0.3) is 0 Å². The van der Waals surface area contributed by atoms with Gasteiger partial charge in [-0.1, -0.05) is 0 Å². The molecule has 2 fully saturated rings. The van der Waals surface area contributed by atoms with E-state index in [4.69, 9.17) is 4.74 Å². The van der Waals surface area contributed by atoms with Gasteiger partial charge in [-0.05, 0) is 32.4 Å². The highest BCUT2D eigenvalue weighted by atomic mass is 16.5. The average molecular weight is 255 g/mol. The fourth-order valence-electron chi connectivity index (χ4n) is 2.58. The van der Waals surface area contributed by atoms with Crippen LogP contribution in [0.3, 0.4) is 0 Å². The Labute approximate surface area is 109 Å². The first-order chi connectivity index (χ1) is 8.84. The predicted octanol–water partition coefficient (Wildman–Crippen LogP) is -0.0330. The van der Waals surface area contributed by atoms with Crippen LogP contribution in [-0.4, -0.2) is 62.8 Å². The normalized spacial score (nSPS) is 26.7. The van der Waals surface area contributed by atoms with Gasteiger partial charge in [-0.15, -0.1) is 0 Å². The van der Waals surface area contributed by atoms with E-state index in [2.05, 4.69) is 15.5 Å². The molecule has 1 atom stereocenters. The molecule has 2 saturated heterocycles. The van der Waals surface area contributed by atoms with E-state index >= 15 is 0 Å². The molecule has 0 spiro atoms. The van der Waals surface area contributed by atoms with Crippen LogP contribution in [0.25, 0.3) is 0 Å². The van der Waals surface area contributed by atoms with Crippen LogP contribution >= 0.6 is 0 Å². The van der Waals surface area contributed by atoms with E-state index in [-0.39, 0.29) is 5.91 Å². The number of amides is 1. The van der Waals surface area contributed by atoms with E-state index < -0.39 is 0 Å². The second-order valence-electron chi connectivity index (χ2n) is 5.15. The highest BCUT2D eigenvalue weighted by Crippen LogP contribution is 2.06. The number of rotatable bonds is 5. The Hall–Kier alpha value is -0.650. The Morgan fingerprint density at radius 2 is 2.22 bits per heavy atom. The quantitative estimate of drug-likeness (QED) is 0.677. The first-order valence-corrected chi connectivity index (χ1v) is 7.15. The van der Waals surface area contributed by atoms with Gasteiger partial charge >= 0.3 is 0 Å². The zero-order valence-corrected chi connectivity index (χ0v) is 11.1. The molecule has 0 aromatic rings. The van der Waals surface area contributed by atoms with Gasteiger partial charge in [0, 0.05) is 32.1 Å². The molecule has 2 heterocycles. The molecule has 2 rings (SSSR count). The highest BCUT2D eigenvalue weighted by molar-refractivity contribution is 5.76. The van der Waals surface area contributed by atoms with Gasteiger partial charge in [-0.2, -0.15) is 0 Å². The number of morpholine rings is 1. The summed E-state index contributed by atoms with van der Waals surface area (Å²) < 4.78 is 5.33. The average Bonchev–Trinajstić information content (AvgIpc) is 2.60. The summed E-state index contributed by atoms with van der Waals surface area (Å²) >= 11 is 0. The van der Waals surface area contributed by atoms with Crippen molar-refractivity contribution in [3.63, 3.8) is 0 Å². The van der Waals surface area contributed by atoms with E-state index in [1.54, 1.807) is 0 Å². The largest absolute Gasteiger partial charge is 0.379 e. The zero-order valence-electron chi connectivity index (χ0n) is 11.1. The lowest BCUT2D eigenvalue weighted by Gasteiger charge is -2.26. The minimum absolute atomic E-state index is 0.193. The van der Waals surface area contributed by atoms with Crippen LogP contribution in [0.1, 0.15) is 25.7 Å². The monoisotopic (exact) mass is 255 g/mol. The third kappa shape index (κ3) is 4.92. The van der Waals surface area contributed by atoms with Crippen LogP contribution in [0, 0.1) is 0 Å². The summed E-state index contributed by atoms with van der Waals surface area (Å²) in [6, 6.07) is 0.372. The number of nitrogens with one attached hydrogen (secondary N) is 2. The number of hydrogen-bond acceptors (Lipinski definition) is 4. The van der Waals surface area contributed by atoms with E-state index in [9.17, 15) is 4.79 Å². The summed E-state index contributed by atoms with van der Waals surface area (Å²) in [5.74, 6) is 0.193. The van der Waals surface area contributed by atoms with Crippen molar-refractivity contribution >= 4 is 5.91 Å². The Kier molecular flexibility index (Phi) is 5.90. The van der Waals surface area contributed by atoms with Gasteiger partial charge in [-0.25, -0.2) is 0 Å². The maximum atomic E-state index is 11.4. The predicted molar refractivity (Wildman–Crippen MR) is 70.5 cm³/mol. The third-order valence-corrected chi connectivity index (χ3v) is 3.67. The SMILES string of the molecule is O=C1CC(NCCCN2CCOCC2)CCCN1. The smallest absolute Gasteiger partial charge is 0.221 e. The number of carbonyl (C=O) groups is 1. The van der Waals surface area contributed by atoms with Crippen LogP contribution < -0.4 is 10.6 Å². The molecular weight excluding hydrogens is 230 g/mol. The van der Waals surface area contributed by atoms with Crippen molar-refractivity contribution in [1.82, 2.24) is 15.5 Å². The van der Waals surface area contributed by atoms with Crippen LogP contribution in [0.2, 0.25) is 0 Å². The Morgan fingerprint density at radius 3 is 3.06 bits per heavy atom. The van der Waals surface area contributed by atoms with E-state index in [1.165, 1.54) is 0 Å². The van der Waals surface area contributed by atoms with Crippen LogP contribution in [0.4, 0.5) is 0 Å². The first kappa shape index (κ1) is 13.8. The number of nitrogens with zero attached hydrogens (tertiary/aromatic N) is 1. The molecule has 0 aliphatic carbocycles. The maximum absolute atomic E-state index is 11.4. The summed E-state index contributed by atoms with van der Waals surface area (Å²) in [5.41, 5.74) is 0. The molecule has 104 valence electrons. The lowest BCUT2D eigenvalue weighted by molar-refractivity contribution is -0.121. The van der Waals surface area contributed by atoms with Crippen molar-refractivity contribution in [3.8, 4) is 0 Å². The fourth-order valence-corrected chi connectivity index (χ4v) is 2.58. The summed E-state index contributed by atoms with van der Waals surface area (Å²) in [6.45, 7) is 6.85. The standard InChI is InChI=1S/C13H25N3O2/c17-13-11-12(3-1-4-15-13)14-5-2-6-16-7-9-18-10-8-16/h12,14H,1-11H2,(H,15,17). The maximum Gasteiger partial charge on any atom is 0.221 e. The molecule has 1 unspecified atom stereocenters. The lowest BCUT2D eigenvalue weighted by Crippen LogP contribution is -2.39. The number of ether oxygens (including phenoxy) is 1. The highest BCUT2D eigenvalue weighted by Gasteiger charge is 2.16. The molecule has 0 radical (unpaired) electrons. The van der Waals surface area contributed by atoms with E-state index in [0.717, 1.165) is 65.2 Å². The molecule has 2 aliphatic heterocycles. The van der Waals surface area contributed by atoms with Crippen molar-refractivity contribution in [2.75, 3.05) is 45.9 Å². The summed E-state index contributed by atoms with van der Waals surface area (Å²) in [7, 11) is 0. The Balaban J connectivity index is 1.55. The van der Waals surface area contributed by atoms with Crippen molar-refractivity contribution in [2.24, 2.45) is 0 Å². The molecule has 0 aromatic carbocycles. The molecule has 18 heavy (non-hydrogen) atoms. The van der Waals surface area contributed by atoms with Crippen LogP contribution in [0.15, 0.2) is 0 Å². The summed E-state index contributed by atoms with van der Waals surface area (Å²) in [4.78, 5) is 13.8. The second kappa shape index (κ2) is 7.71.